The lowest BCUT2D eigenvalue weighted by Crippen LogP contribution is -2.19. The maximum Gasteiger partial charge on any atom is 0.119 e. The van der Waals surface area contributed by atoms with Crippen LogP contribution in [0, 0.1) is 0 Å². The largest absolute Gasteiger partial charge is 0.497 e. The van der Waals surface area contributed by atoms with E-state index in [0.717, 1.165) is 30.4 Å². The number of ether oxygens (including phenoxy) is 1. The third-order valence-corrected chi connectivity index (χ3v) is 5.35. The first-order valence-electron chi connectivity index (χ1n) is 8.35. The average Bonchev–Trinajstić information content (AvgIpc) is 3.22. The van der Waals surface area contributed by atoms with Gasteiger partial charge in [0.15, 0.2) is 0 Å². The Kier molecular flexibility index (Phi) is 4.21. The van der Waals surface area contributed by atoms with Crippen molar-refractivity contribution in [2.75, 3.05) is 20.2 Å². The zero-order valence-corrected chi connectivity index (χ0v) is 14.5. The van der Waals surface area contributed by atoms with Crippen LogP contribution in [0.4, 0.5) is 0 Å². The Hall–Kier alpha value is -1.97. The van der Waals surface area contributed by atoms with Crippen molar-refractivity contribution >= 4 is 22.5 Å². The standard InChI is InChI=1S/C20H21ClN2O/c1-24-16-6-7-20-17(10-16)18(11-22-20)14-8-9-23(12-14)13-15-4-2-3-5-19(15)21/h2-7,10-11,14,22H,8-9,12-13H2,1H3. The molecule has 3 nitrogen and oxygen atoms in total. The normalized spacial score (nSPS) is 18.3. The Morgan fingerprint density at radius 1 is 1.25 bits per heavy atom. The minimum Gasteiger partial charge on any atom is -0.497 e. The van der Waals surface area contributed by atoms with Gasteiger partial charge >= 0.3 is 0 Å². The van der Waals surface area contributed by atoms with E-state index in [4.69, 9.17) is 16.3 Å². The van der Waals surface area contributed by atoms with E-state index >= 15 is 0 Å². The summed E-state index contributed by atoms with van der Waals surface area (Å²) in [5.41, 5.74) is 3.78. The molecular formula is C20H21ClN2O. The molecule has 1 fully saturated rings. The maximum atomic E-state index is 6.30. The van der Waals surface area contributed by atoms with Gasteiger partial charge in [0.25, 0.3) is 0 Å². The van der Waals surface area contributed by atoms with Gasteiger partial charge in [-0.15, -0.1) is 0 Å². The molecular weight excluding hydrogens is 320 g/mol. The molecule has 2 heterocycles. The van der Waals surface area contributed by atoms with Crippen molar-refractivity contribution in [1.29, 1.82) is 0 Å². The van der Waals surface area contributed by atoms with Gasteiger partial charge in [0.1, 0.15) is 5.75 Å². The summed E-state index contributed by atoms with van der Waals surface area (Å²) >= 11 is 6.30. The van der Waals surface area contributed by atoms with Gasteiger partial charge in [-0.1, -0.05) is 29.8 Å². The Balaban J connectivity index is 1.54. The van der Waals surface area contributed by atoms with Crippen LogP contribution in [-0.4, -0.2) is 30.1 Å². The number of aromatic nitrogens is 1. The maximum absolute atomic E-state index is 6.30. The molecule has 0 spiro atoms. The van der Waals surface area contributed by atoms with Crippen molar-refractivity contribution in [3.63, 3.8) is 0 Å². The third kappa shape index (κ3) is 2.90. The molecule has 1 aliphatic rings. The van der Waals surface area contributed by atoms with Gasteiger partial charge in [-0.25, -0.2) is 0 Å². The number of methoxy groups -OCH3 is 1. The lowest BCUT2D eigenvalue weighted by Gasteiger charge is -2.17. The van der Waals surface area contributed by atoms with Gasteiger partial charge in [-0.2, -0.15) is 0 Å². The highest BCUT2D eigenvalue weighted by molar-refractivity contribution is 6.31. The van der Waals surface area contributed by atoms with Crippen molar-refractivity contribution in [3.8, 4) is 5.75 Å². The first kappa shape index (κ1) is 15.6. The fourth-order valence-corrected chi connectivity index (χ4v) is 3.88. The topological polar surface area (TPSA) is 28.3 Å². The van der Waals surface area contributed by atoms with E-state index < -0.39 is 0 Å². The van der Waals surface area contributed by atoms with E-state index in [1.807, 2.05) is 18.2 Å². The summed E-state index contributed by atoms with van der Waals surface area (Å²) in [4.78, 5) is 5.89. The Bertz CT molecular complexity index is 858. The first-order chi connectivity index (χ1) is 11.7. The second-order valence-electron chi connectivity index (χ2n) is 6.47. The van der Waals surface area contributed by atoms with Gasteiger partial charge in [-0.3, -0.25) is 4.90 Å². The van der Waals surface area contributed by atoms with E-state index in [1.165, 1.54) is 28.5 Å². The summed E-state index contributed by atoms with van der Waals surface area (Å²) in [6, 6.07) is 14.4. The van der Waals surface area contributed by atoms with Crippen LogP contribution in [0.5, 0.6) is 5.75 Å². The molecule has 4 rings (SSSR count). The van der Waals surface area contributed by atoms with Gasteiger partial charge < -0.3 is 9.72 Å². The molecule has 124 valence electrons. The molecule has 2 aromatic carbocycles. The monoisotopic (exact) mass is 340 g/mol. The number of hydrogen-bond donors (Lipinski definition) is 1. The summed E-state index contributed by atoms with van der Waals surface area (Å²) in [7, 11) is 1.72. The molecule has 3 aromatic rings. The Morgan fingerprint density at radius 3 is 2.96 bits per heavy atom. The minimum atomic E-state index is 0.549. The lowest BCUT2D eigenvalue weighted by atomic mass is 9.98. The van der Waals surface area contributed by atoms with Gasteiger partial charge in [0.05, 0.1) is 7.11 Å². The highest BCUT2D eigenvalue weighted by atomic mass is 35.5. The van der Waals surface area contributed by atoms with Crippen LogP contribution in [0.15, 0.2) is 48.7 Å². The summed E-state index contributed by atoms with van der Waals surface area (Å²) < 4.78 is 5.38. The van der Waals surface area contributed by atoms with E-state index in [9.17, 15) is 0 Å². The van der Waals surface area contributed by atoms with Crippen LogP contribution in [0.1, 0.15) is 23.5 Å². The molecule has 1 aromatic heterocycles. The Morgan fingerprint density at radius 2 is 2.12 bits per heavy atom. The number of nitrogens with one attached hydrogen (secondary N) is 1. The number of H-pyrrole nitrogens is 1. The molecule has 0 bridgehead atoms. The number of aromatic amines is 1. The number of halogens is 1. The number of hydrogen-bond acceptors (Lipinski definition) is 2. The SMILES string of the molecule is COc1ccc2[nH]cc(C3CCN(Cc4ccccc4Cl)C3)c2c1. The average molecular weight is 341 g/mol. The van der Waals surface area contributed by atoms with Crippen LogP contribution in [-0.2, 0) is 6.54 Å². The zero-order valence-electron chi connectivity index (χ0n) is 13.8. The second kappa shape index (κ2) is 6.50. The summed E-state index contributed by atoms with van der Waals surface area (Å²) in [5.74, 6) is 1.46. The third-order valence-electron chi connectivity index (χ3n) is 4.98. The summed E-state index contributed by atoms with van der Waals surface area (Å²) in [5, 5.41) is 2.14. The highest BCUT2D eigenvalue weighted by Gasteiger charge is 2.26. The van der Waals surface area contributed by atoms with Crippen molar-refractivity contribution in [1.82, 2.24) is 9.88 Å². The molecule has 1 N–H and O–H groups in total. The van der Waals surface area contributed by atoms with Gasteiger partial charge in [0.2, 0.25) is 0 Å². The number of fused-ring (bicyclic) bond motifs is 1. The van der Waals surface area contributed by atoms with Gasteiger partial charge in [0, 0.05) is 35.2 Å². The van der Waals surface area contributed by atoms with Crippen LogP contribution < -0.4 is 4.74 Å². The molecule has 0 amide bonds. The molecule has 4 heteroatoms. The van der Waals surface area contributed by atoms with Crippen LogP contribution in [0.3, 0.4) is 0 Å². The van der Waals surface area contributed by atoms with E-state index in [-0.39, 0.29) is 0 Å². The Labute approximate surface area is 147 Å². The fraction of sp³-hybridized carbons (Fsp3) is 0.300. The molecule has 1 atom stereocenters. The van der Waals surface area contributed by atoms with Crippen LogP contribution in [0.25, 0.3) is 10.9 Å². The predicted molar refractivity (Wildman–Crippen MR) is 98.9 cm³/mol. The second-order valence-corrected chi connectivity index (χ2v) is 6.87. The van der Waals surface area contributed by atoms with Crippen molar-refractivity contribution < 1.29 is 4.74 Å². The smallest absolute Gasteiger partial charge is 0.119 e. The fourth-order valence-electron chi connectivity index (χ4n) is 3.68. The van der Waals surface area contributed by atoms with E-state index in [0.29, 0.717) is 5.92 Å². The lowest BCUT2D eigenvalue weighted by molar-refractivity contribution is 0.327. The number of rotatable bonds is 4. The number of nitrogens with zero attached hydrogens (tertiary/aromatic N) is 1. The predicted octanol–water partition coefficient (Wildman–Crippen LogP) is 4.82. The quantitative estimate of drug-likeness (QED) is 0.737. The van der Waals surface area contributed by atoms with Gasteiger partial charge in [-0.05, 0) is 54.3 Å². The number of likely N-dealkylation sites (tertiary alicyclic amines) is 1. The molecule has 0 saturated carbocycles. The van der Waals surface area contributed by atoms with Crippen molar-refractivity contribution in [2.45, 2.75) is 18.9 Å². The summed E-state index contributed by atoms with van der Waals surface area (Å²) in [6.45, 7) is 3.09. The van der Waals surface area contributed by atoms with Crippen LogP contribution in [0.2, 0.25) is 5.02 Å². The molecule has 1 unspecified atom stereocenters. The molecule has 0 radical (unpaired) electrons. The van der Waals surface area contributed by atoms with E-state index in [2.05, 4.69) is 40.3 Å². The molecule has 0 aliphatic carbocycles. The first-order valence-corrected chi connectivity index (χ1v) is 8.73. The highest BCUT2D eigenvalue weighted by Crippen LogP contribution is 2.34. The summed E-state index contributed by atoms with van der Waals surface area (Å²) in [6.07, 6.45) is 3.34. The molecule has 1 saturated heterocycles. The van der Waals surface area contributed by atoms with Crippen LogP contribution >= 0.6 is 11.6 Å². The zero-order chi connectivity index (χ0) is 16.5. The minimum absolute atomic E-state index is 0.549. The van der Waals surface area contributed by atoms with Crippen molar-refractivity contribution in [2.24, 2.45) is 0 Å². The number of benzene rings is 2. The van der Waals surface area contributed by atoms with Crippen molar-refractivity contribution in [3.05, 3.63) is 64.8 Å². The molecule has 1 aliphatic heterocycles. The molecule has 24 heavy (non-hydrogen) atoms. The van der Waals surface area contributed by atoms with E-state index in [1.54, 1.807) is 7.11 Å².